The van der Waals surface area contributed by atoms with Crippen molar-refractivity contribution in [1.82, 2.24) is 0 Å². The molecule has 1 aromatic carbocycles. The monoisotopic (exact) mass is 253 g/mol. The first kappa shape index (κ1) is 12.8. The van der Waals surface area contributed by atoms with Crippen LogP contribution in [0.5, 0.6) is 0 Å². The topological polar surface area (TPSA) is 58.6 Å². The van der Waals surface area contributed by atoms with Gasteiger partial charge in [-0.3, -0.25) is 0 Å². The first-order valence-electron chi connectivity index (χ1n) is 5.94. The highest BCUT2D eigenvalue weighted by atomic mass is 19.1. The van der Waals surface area contributed by atoms with E-state index in [2.05, 4.69) is 5.32 Å². The van der Waals surface area contributed by atoms with E-state index in [1.54, 1.807) is 6.07 Å². The Kier molecular flexibility index (Phi) is 3.81. The third-order valence-corrected chi connectivity index (χ3v) is 3.03. The van der Waals surface area contributed by atoms with Gasteiger partial charge in [-0.05, 0) is 37.5 Å². The van der Waals surface area contributed by atoms with Crippen LogP contribution in [0.4, 0.5) is 10.1 Å². The predicted molar refractivity (Wildman–Crippen MR) is 65.2 cm³/mol. The van der Waals surface area contributed by atoms with Gasteiger partial charge in [-0.1, -0.05) is 6.07 Å². The highest BCUT2D eigenvalue weighted by molar-refractivity contribution is 5.72. The number of carboxylic acid groups (broad SMARTS) is 1. The summed E-state index contributed by atoms with van der Waals surface area (Å²) in [6.45, 7) is 2.24. The van der Waals surface area contributed by atoms with E-state index >= 15 is 0 Å². The molecule has 2 atom stereocenters. The fourth-order valence-electron chi connectivity index (χ4n) is 2.02. The minimum Gasteiger partial charge on any atom is -0.479 e. The second-order valence-corrected chi connectivity index (χ2v) is 4.53. The molecule has 1 heterocycles. The summed E-state index contributed by atoms with van der Waals surface area (Å²) in [5.41, 5.74) is 1.28. The molecule has 1 saturated heterocycles. The van der Waals surface area contributed by atoms with Crippen LogP contribution in [0.3, 0.4) is 0 Å². The molecule has 0 saturated carbocycles. The van der Waals surface area contributed by atoms with Crippen LogP contribution >= 0.6 is 0 Å². The molecule has 1 aromatic rings. The number of aliphatic carboxylic acids is 1. The number of aryl methyl sites for hydroxylation is 1. The Hall–Kier alpha value is -1.62. The van der Waals surface area contributed by atoms with Gasteiger partial charge in [0, 0.05) is 6.54 Å². The lowest BCUT2D eigenvalue weighted by atomic mass is 10.2. The first-order valence-corrected chi connectivity index (χ1v) is 5.94. The molecule has 1 aliphatic rings. The number of anilines is 1. The summed E-state index contributed by atoms with van der Waals surface area (Å²) < 4.78 is 18.9. The number of halogens is 1. The summed E-state index contributed by atoms with van der Waals surface area (Å²) in [4.78, 5) is 10.7. The first-order chi connectivity index (χ1) is 8.56. The van der Waals surface area contributed by atoms with Crippen LogP contribution < -0.4 is 5.32 Å². The number of carbonyl (C=O) groups is 1. The number of ether oxygens (including phenoxy) is 1. The van der Waals surface area contributed by atoms with Crippen molar-refractivity contribution in [3.63, 3.8) is 0 Å². The maximum atomic E-state index is 13.5. The van der Waals surface area contributed by atoms with E-state index in [1.165, 1.54) is 6.07 Å². The molecule has 2 unspecified atom stereocenters. The fraction of sp³-hybridized carbons (Fsp3) is 0.462. The van der Waals surface area contributed by atoms with Crippen molar-refractivity contribution in [3.05, 3.63) is 29.6 Å². The summed E-state index contributed by atoms with van der Waals surface area (Å²) >= 11 is 0. The normalized spacial score (nSPS) is 23.0. The van der Waals surface area contributed by atoms with Gasteiger partial charge in [0.25, 0.3) is 0 Å². The van der Waals surface area contributed by atoms with Crippen molar-refractivity contribution in [2.24, 2.45) is 0 Å². The lowest BCUT2D eigenvalue weighted by Crippen LogP contribution is -2.24. The SMILES string of the molecule is Cc1ccc(NCC2CCC(C(=O)O)O2)c(F)c1. The Morgan fingerprint density at radius 1 is 1.56 bits per heavy atom. The van der Waals surface area contributed by atoms with E-state index in [1.807, 2.05) is 13.0 Å². The molecule has 0 bridgehead atoms. The van der Waals surface area contributed by atoms with Gasteiger partial charge in [0.15, 0.2) is 6.10 Å². The number of hydrogen-bond donors (Lipinski definition) is 2. The molecule has 2 N–H and O–H groups in total. The van der Waals surface area contributed by atoms with Crippen LogP contribution in [0.15, 0.2) is 18.2 Å². The molecule has 18 heavy (non-hydrogen) atoms. The predicted octanol–water partition coefficient (Wildman–Crippen LogP) is 2.18. The van der Waals surface area contributed by atoms with Crippen LogP contribution in [0, 0.1) is 12.7 Å². The Balaban J connectivity index is 1.87. The number of nitrogens with one attached hydrogen (secondary N) is 1. The maximum Gasteiger partial charge on any atom is 0.332 e. The van der Waals surface area contributed by atoms with Crippen molar-refractivity contribution in [2.45, 2.75) is 32.0 Å². The molecule has 0 radical (unpaired) electrons. The Morgan fingerprint density at radius 2 is 2.33 bits per heavy atom. The molecule has 0 spiro atoms. The Bertz CT molecular complexity index is 450. The summed E-state index contributed by atoms with van der Waals surface area (Å²) in [6.07, 6.45) is 0.293. The Labute approximate surface area is 105 Å². The quantitative estimate of drug-likeness (QED) is 0.863. The number of hydrogen-bond acceptors (Lipinski definition) is 3. The molecule has 98 valence electrons. The van der Waals surface area contributed by atoms with Gasteiger partial charge in [-0.2, -0.15) is 0 Å². The van der Waals surface area contributed by atoms with Gasteiger partial charge >= 0.3 is 5.97 Å². The highest BCUT2D eigenvalue weighted by Gasteiger charge is 2.30. The van der Waals surface area contributed by atoms with E-state index in [-0.39, 0.29) is 11.9 Å². The zero-order valence-electron chi connectivity index (χ0n) is 10.1. The molecule has 0 aliphatic carbocycles. The van der Waals surface area contributed by atoms with E-state index < -0.39 is 12.1 Å². The van der Waals surface area contributed by atoms with Gasteiger partial charge in [0.05, 0.1) is 11.8 Å². The number of carboxylic acids is 1. The molecule has 0 aromatic heterocycles. The third kappa shape index (κ3) is 2.98. The van der Waals surface area contributed by atoms with Crippen molar-refractivity contribution < 1.29 is 19.0 Å². The van der Waals surface area contributed by atoms with Crippen molar-refractivity contribution in [1.29, 1.82) is 0 Å². The van der Waals surface area contributed by atoms with E-state index in [0.29, 0.717) is 25.1 Å². The molecule has 4 nitrogen and oxygen atoms in total. The minimum atomic E-state index is -0.931. The zero-order chi connectivity index (χ0) is 13.1. The number of benzene rings is 1. The van der Waals surface area contributed by atoms with Gasteiger partial charge in [0.1, 0.15) is 5.82 Å². The number of rotatable bonds is 4. The van der Waals surface area contributed by atoms with Crippen LogP contribution in [0.2, 0.25) is 0 Å². The molecule has 5 heteroatoms. The van der Waals surface area contributed by atoms with E-state index in [0.717, 1.165) is 5.56 Å². The van der Waals surface area contributed by atoms with Gasteiger partial charge < -0.3 is 15.2 Å². The van der Waals surface area contributed by atoms with Gasteiger partial charge in [-0.15, -0.1) is 0 Å². The minimum absolute atomic E-state index is 0.174. The summed E-state index contributed by atoms with van der Waals surface area (Å²) in [6, 6.07) is 4.95. The second kappa shape index (κ2) is 5.35. The smallest absolute Gasteiger partial charge is 0.332 e. The summed E-state index contributed by atoms with van der Waals surface area (Å²) in [5, 5.41) is 11.7. The van der Waals surface area contributed by atoms with E-state index in [4.69, 9.17) is 9.84 Å². The van der Waals surface area contributed by atoms with Crippen LogP contribution in [0.1, 0.15) is 18.4 Å². The van der Waals surface area contributed by atoms with Crippen molar-refractivity contribution in [3.8, 4) is 0 Å². The largest absolute Gasteiger partial charge is 0.479 e. The summed E-state index contributed by atoms with van der Waals surface area (Å²) in [7, 11) is 0. The molecule has 0 amide bonds. The van der Waals surface area contributed by atoms with Gasteiger partial charge in [-0.25, -0.2) is 9.18 Å². The Morgan fingerprint density at radius 3 is 2.94 bits per heavy atom. The van der Waals surface area contributed by atoms with Crippen molar-refractivity contribution in [2.75, 3.05) is 11.9 Å². The van der Waals surface area contributed by atoms with Gasteiger partial charge in [0.2, 0.25) is 0 Å². The lowest BCUT2D eigenvalue weighted by molar-refractivity contribution is -0.149. The van der Waals surface area contributed by atoms with Crippen molar-refractivity contribution >= 4 is 11.7 Å². The zero-order valence-corrected chi connectivity index (χ0v) is 10.1. The standard InChI is InChI=1S/C13H16FNO3/c1-8-2-4-11(10(14)6-8)15-7-9-3-5-12(18-9)13(16)17/h2,4,6,9,12,15H,3,5,7H2,1H3,(H,16,17). The van der Waals surface area contributed by atoms with Crippen LogP contribution in [-0.2, 0) is 9.53 Å². The molecule has 1 fully saturated rings. The van der Waals surface area contributed by atoms with E-state index in [9.17, 15) is 9.18 Å². The maximum absolute atomic E-state index is 13.5. The molecule has 2 rings (SSSR count). The third-order valence-electron chi connectivity index (χ3n) is 3.03. The summed E-state index contributed by atoms with van der Waals surface area (Å²) in [5.74, 6) is -1.23. The second-order valence-electron chi connectivity index (χ2n) is 4.53. The lowest BCUT2D eigenvalue weighted by Gasteiger charge is -2.13. The average molecular weight is 253 g/mol. The van der Waals surface area contributed by atoms with Crippen LogP contribution in [0.25, 0.3) is 0 Å². The highest BCUT2D eigenvalue weighted by Crippen LogP contribution is 2.21. The fourth-order valence-corrected chi connectivity index (χ4v) is 2.02. The molecule has 1 aliphatic heterocycles. The molecular formula is C13H16FNO3. The molecular weight excluding hydrogens is 237 g/mol. The average Bonchev–Trinajstić information content (AvgIpc) is 2.76. The van der Waals surface area contributed by atoms with Crippen LogP contribution in [-0.4, -0.2) is 29.8 Å².